The second-order valence-corrected chi connectivity index (χ2v) is 7.52. The van der Waals surface area contributed by atoms with Gasteiger partial charge in [-0.15, -0.1) is 0 Å². The molecule has 2 heterocycles. The van der Waals surface area contributed by atoms with Gasteiger partial charge in [0.1, 0.15) is 12.1 Å². The van der Waals surface area contributed by atoms with Gasteiger partial charge in [-0.3, -0.25) is 14.6 Å². The molecule has 28 heavy (non-hydrogen) atoms. The molecule has 1 aromatic carbocycles. The van der Waals surface area contributed by atoms with Crippen molar-refractivity contribution in [3.05, 3.63) is 53.9 Å². The first-order valence-electron chi connectivity index (χ1n) is 9.36. The largest absolute Gasteiger partial charge is 0.504 e. The van der Waals surface area contributed by atoms with Gasteiger partial charge in [-0.2, -0.15) is 0 Å². The fraction of sp³-hybridized carbons (Fsp3) is 0.381. The number of rotatable bonds is 6. The van der Waals surface area contributed by atoms with Gasteiger partial charge in [-0.1, -0.05) is 26.0 Å². The van der Waals surface area contributed by atoms with Gasteiger partial charge in [-0.25, -0.2) is 0 Å². The van der Waals surface area contributed by atoms with Gasteiger partial charge in [0.2, 0.25) is 11.8 Å². The molecule has 1 saturated heterocycles. The normalized spacial score (nSPS) is 19.8. The van der Waals surface area contributed by atoms with E-state index in [1.165, 1.54) is 12.1 Å². The van der Waals surface area contributed by atoms with Gasteiger partial charge in [0.25, 0.3) is 0 Å². The number of carbonyl (C=O) groups excluding carboxylic acids is 2. The van der Waals surface area contributed by atoms with Crippen LogP contribution in [0.4, 0.5) is 0 Å². The molecule has 1 fully saturated rings. The van der Waals surface area contributed by atoms with Crippen LogP contribution in [0.2, 0.25) is 0 Å². The molecular weight excluding hydrogens is 358 g/mol. The Hall–Kier alpha value is -3.09. The minimum absolute atomic E-state index is 0.132. The zero-order valence-electron chi connectivity index (χ0n) is 16.0. The van der Waals surface area contributed by atoms with E-state index in [1.807, 2.05) is 26.0 Å². The summed E-state index contributed by atoms with van der Waals surface area (Å²) in [6.45, 7) is 4.25. The van der Waals surface area contributed by atoms with E-state index in [0.717, 1.165) is 0 Å². The van der Waals surface area contributed by atoms with E-state index in [0.29, 0.717) is 17.7 Å². The second kappa shape index (κ2) is 8.29. The number of phenols is 2. The number of phenolic OH excluding ortho intramolecular Hbond substituents is 2. The summed E-state index contributed by atoms with van der Waals surface area (Å²) in [6, 6.07) is 8.60. The Morgan fingerprint density at radius 1 is 1.14 bits per heavy atom. The summed E-state index contributed by atoms with van der Waals surface area (Å²) in [7, 11) is 0. The molecule has 3 N–H and O–H groups in total. The van der Waals surface area contributed by atoms with E-state index in [4.69, 9.17) is 0 Å². The van der Waals surface area contributed by atoms with Gasteiger partial charge in [0, 0.05) is 12.6 Å². The van der Waals surface area contributed by atoms with Crippen molar-refractivity contribution in [3.8, 4) is 11.5 Å². The van der Waals surface area contributed by atoms with Crippen LogP contribution >= 0.6 is 0 Å². The summed E-state index contributed by atoms with van der Waals surface area (Å²) in [4.78, 5) is 31.8. The van der Waals surface area contributed by atoms with Gasteiger partial charge in [0.05, 0.1) is 12.2 Å². The highest BCUT2D eigenvalue weighted by atomic mass is 16.3. The van der Waals surface area contributed by atoms with Crippen molar-refractivity contribution < 1.29 is 19.8 Å². The van der Waals surface area contributed by atoms with Crippen molar-refractivity contribution >= 4 is 11.8 Å². The zero-order chi connectivity index (χ0) is 20.3. The zero-order valence-corrected chi connectivity index (χ0v) is 16.0. The monoisotopic (exact) mass is 383 g/mol. The number of hydrogen-bond acceptors (Lipinski definition) is 5. The number of aromatic hydroxyl groups is 2. The van der Waals surface area contributed by atoms with Gasteiger partial charge in [-0.05, 0) is 42.2 Å². The molecule has 2 unspecified atom stereocenters. The van der Waals surface area contributed by atoms with Crippen LogP contribution < -0.4 is 5.32 Å². The van der Waals surface area contributed by atoms with Crippen LogP contribution in [0.1, 0.15) is 31.5 Å². The van der Waals surface area contributed by atoms with E-state index in [2.05, 4.69) is 10.3 Å². The number of aromatic nitrogens is 1. The minimum atomic E-state index is -0.720. The average molecular weight is 383 g/mol. The molecule has 0 saturated carbocycles. The Morgan fingerprint density at radius 3 is 2.57 bits per heavy atom. The first-order chi connectivity index (χ1) is 13.3. The number of hydrogen-bond donors (Lipinski definition) is 3. The minimum Gasteiger partial charge on any atom is -0.504 e. The molecule has 0 bridgehead atoms. The number of benzene rings is 1. The molecular formula is C21H25N3O4. The van der Waals surface area contributed by atoms with Crippen molar-refractivity contribution in [3.63, 3.8) is 0 Å². The maximum atomic E-state index is 13.1. The van der Waals surface area contributed by atoms with Gasteiger partial charge >= 0.3 is 0 Å². The fourth-order valence-corrected chi connectivity index (χ4v) is 3.43. The van der Waals surface area contributed by atoms with E-state index < -0.39 is 12.1 Å². The molecule has 2 atom stereocenters. The Morgan fingerprint density at radius 2 is 1.93 bits per heavy atom. The van der Waals surface area contributed by atoms with Crippen LogP contribution in [0.3, 0.4) is 0 Å². The molecule has 1 aliphatic heterocycles. The summed E-state index contributed by atoms with van der Waals surface area (Å²) in [5.74, 6) is -0.582. The summed E-state index contributed by atoms with van der Waals surface area (Å²) < 4.78 is 0. The molecule has 148 valence electrons. The maximum absolute atomic E-state index is 13.1. The summed E-state index contributed by atoms with van der Waals surface area (Å²) in [6.07, 6.45) is 2.45. The summed E-state index contributed by atoms with van der Waals surface area (Å²) >= 11 is 0. The van der Waals surface area contributed by atoms with Crippen LogP contribution in [0, 0.1) is 5.92 Å². The lowest BCUT2D eigenvalue weighted by Crippen LogP contribution is -2.63. The number of amides is 2. The topological polar surface area (TPSA) is 103 Å². The highest BCUT2D eigenvalue weighted by molar-refractivity contribution is 5.97. The Kier molecular flexibility index (Phi) is 5.82. The highest BCUT2D eigenvalue weighted by Gasteiger charge is 2.40. The van der Waals surface area contributed by atoms with Gasteiger partial charge in [0.15, 0.2) is 11.5 Å². The first-order valence-corrected chi connectivity index (χ1v) is 9.36. The Balaban J connectivity index is 1.89. The molecule has 0 spiro atoms. The van der Waals surface area contributed by atoms with Crippen molar-refractivity contribution in [2.75, 3.05) is 0 Å². The van der Waals surface area contributed by atoms with Crippen LogP contribution in [0.25, 0.3) is 0 Å². The lowest BCUT2D eigenvalue weighted by Gasteiger charge is -2.39. The molecule has 7 heteroatoms. The smallest absolute Gasteiger partial charge is 0.246 e. The lowest BCUT2D eigenvalue weighted by atomic mass is 9.95. The summed E-state index contributed by atoms with van der Waals surface area (Å²) in [5.41, 5.74) is 1.35. The van der Waals surface area contributed by atoms with Crippen LogP contribution in [0.15, 0.2) is 42.6 Å². The molecule has 2 aromatic rings. The van der Waals surface area contributed by atoms with Crippen molar-refractivity contribution in [1.82, 2.24) is 15.2 Å². The summed E-state index contributed by atoms with van der Waals surface area (Å²) in [5, 5.41) is 22.1. The molecule has 2 amide bonds. The molecule has 1 aliphatic rings. The maximum Gasteiger partial charge on any atom is 0.246 e. The third-order valence-electron chi connectivity index (χ3n) is 4.81. The quantitative estimate of drug-likeness (QED) is 0.662. The van der Waals surface area contributed by atoms with Crippen molar-refractivity contribution in [2.45, 2.75) is 45.3 Å². The first kappa shape index (κ1) is 19.7. The van der Waals surface area contributed by atoms with E-state index >= 15 is 0 Å². The third-order valence-corrected chi connectivity index (χ3v) is 4.81. The van der Waals surface area contributed by atoms with Crippen molar-refractivity contribution in [1.29, 1.82) is 0 Å². The number of nitrogens with zero attached hydrogens (tertiary/aromatic N) is 2. The van der Waals surface area contributed by atoms with E-state index in [9.17, 15) is 19.8 Å². The molecule has 0 radical (unpaired) electrons. The number of piperazine rings is 1. The second-order valence-electron chi connectivity index (χ2n) is 7.52. The lowest BCUT2D eigenvalue weighted by molar-refractivity contribution is -0.150. The SMILES string of the molecule is CC(C)CC1NC(=O)C(Cc2ccc(O)c(O)c2)N(Cc2ccccn2)C1=O. The molecule has 3 rings (SSSR count). The number of pyridine rings is 1. The van der Waals surface area contributed by atoms with E-state index in [-0.39, 0.29) is 42.2 Å². The third kappa shape index (κ3) is 4.42. The van der Waals surface area contributed by atoms with Gasteiger partial charge < -0.3 is 20.4 Å². The Bertz CT molecular complexity index is 854. The predicted octanol–water partition coefficient (Wildman–Crippen LogP) is 1.98. The average Bonchev–Trinajstić information content (AvgIpc) is 2.65. The van der Waals surface area contributed by atoms with Crippen LogP contribution in [0.5, 0.6) is 11.5 Å². The number of carbonyl (C=O) groups is 2. The van der Waals surface area contributed by atoms with E-state index in [1.54, 1.807) is 23.2 Å². The fourth-order valence-electron chi connectivity index (χ4n) is 3.43. The standard InChI is InChI=1S/C21H25N3O4/c1-13(2)9-16-21(28)24(12-15-5-3-4-8-22-15)17(20(27)23-16)10-14-6-7-18(25)19(26)11-14/h3-8,11,13,16-17,25-26H,9-10,12H2,1-2H3,(H,23,27). The van der Waals surface area contributed by atoms with Crippen LogP contribution in [-0.2, 0) is 22.6 Å². The van der Waals surface area contributed by atoms with Crippen LogP contribution in [-0.4, -0.2) is 44.0 Å². The predicted molar refractivity (Wildman–Crippen MR) is 103 cm³/mol. The number of nitrogens with one attached hydrogen (secondary N) is 1. The Labute approximate surface area is 164 Å². The molecule has 7 nitrogen and oxygen atoms in total. The van der Waals surface area contributed by atoms with Crippen molar-refractivity contribution in [2.24, 2.45) is 5.92 Å². The molecule has 0 aliphatic carbocycles. The highest BCUT2D eigenvalue weighted by Crippen LogP contribution is 2.27. The molecule has 1 aromatic heterocycles.